The van der Waals surface area contributed by atoms with Gasteiger partial charge in [0.2, 0.25) is 23.2 Å². The molecule has 1 saturated heterocycles. The first-order valence-corrected chi connectivity index (χ1v) is 7.28. The molecule has 0 spiro atoms. The summed E-state index contributed by atoms with van der Waals surface area (Å²) in [6, 6.07) is 4.90. The van der Waals surface area contributed by atoms with E-state index in [1.807, 2.05) is 0 Å². The molecule has 124 valence electrons. The van der Waals surface area contributed by atoms with Gasteiger partial charge in [-0.15, -0.1) is 0 Å². The lowest BCUT2D eigenvalue weighted by molar-refractivity contribution is -0.144. The zero-order valence-corrected chi connectivity index (χ0v) is 13.1. The highest BCUT2D eigenvalue weighted by Crippen LogP contribution is 2.40. The Morgan fingerprint density at radius 2 is 1.92 bits per heavy atom. The van der Waals surface area contributed by atoms with Crippen molar-refractivity contribution in [2.24, 2.45) is 0 Å². The van der Waals surface area contributed by atoms with Gasteiger partial charge in [0.05, 0.1) is 5.69 Å². The van der Waals surface area contributed by atoms with Crippen LogP contribution >= 0.6 is 0 Å². The second-order valence-electron chi connectivity index (χ2n) is 5.53. The normalized spacial score (nSPS) is 23.8. The lowest BCUT2D eigenvalue weighted by Gasteiger charge is -2.24. The molecule has 0 radical (unpaired) electrons. The van der Waals surface area contributed by atoms with Crippen molar-refractivity contribution < 1.29 is 28.7 Å². The molecule has 2 aliphatic rings. The topological polar surface area (TPSA) is 103 Å². The van der Waals surface area contributed by atoms with Gasteiger partial charge in [0, 0.05) is 26.0 Å². The second-order valence-corrected chi connectivity index (χ2v) is 5.53. The van der Waals surface area contributed by atoms with Gasteiger partial charge in [-0.3, -0.25) is 24.2 Å². The number of carbonyl (C=O) groups is 4. The van der Waals surface area contributed by atoms with E-state index in [-0.39, 0.29) is 24.4 Å². The van der Waals surface area contributed by atoms with Crippen LogP contribution in [0.15, 0.2) is 36.0 Å². The van der Waals surface area contributed by atoms with Crippen molar-refractivity contribution in [1.29, 1.82) is 0 Å². The molecule has 1 aromatic rings. The monoisotopic (exact) mass is 330 g/mol. The summed E-state index contributed by atoms with van der Waals surface area (Å²) in [5.74, 6) is -3.28. The van der Waals surface area contributed by atoms with E-state index < -0.39 is 34.9 Å². The number of imide groups is 1. The molecular weight excluding hydrogens is 316 g/mol. The molecule has 1 fully saturated rings. The van der Waals surface area contributed by atoms with Crippen LogP contribution < -0.4 is 0 Å². The molecule has 0 saturated carbocycles. The molecule has 1 unspecified atom stereocenters. The summed E-state index contributed by atoms with van der Waals surface area (Å²) in [7, 11) is 0. The first-order chi connectivity index (χ1) is 11.3. The van der Waals surface area contributed by atoms with Crippen LogP contribution in [0.1, 0.15) is 32.4 Å². The molecule has 24 heavy (non-hydrogen) atoms. The maximum Gasteiger partial charge on any atom is 0.308 e. The molecule has 2 aliphatic heterocycles. The van der Waals surface area contributed by atoms with Crippen molar-refractivity contribution in [1.82, 2.24) is 9.88 Å². The van der Waals surface area contributed by atoms with Crippen molar-refractivity contribution in [2.75, 3.05) is 0 Å². The summed E-state index contributed by atoms with van der Waals surface area (Å²) >= 11 is 0. The van der Waals surface area contributed by atoms with Crippen molar-refractivity contribution in [3.63, 3.8) is 0 Å². The number of nitrogens with zero attached hydrogens (tertiary/aromatic N) is 2. The van der Waals surface area contributed by atoms with Gasteiger partial charge in [0.25, 0.3) is 11.7 Å². The van der Waals surface area contributed by atoms with Gasteiger partial charge in [-0.25, -0.2) is 4.90 Å². The molecular formula is C16H14N2O6. The number of aromatic nitrogens is 1. The van der Waals surface area contributed by atoms with E-state index in [0.717, 1.165) is 11.8 Å². The molecule has 8 nitrogen and oxygen atoms in total. The van der Waals surface area contributed by atoms with Crippen LogP contribution in [0.25, 0.3) is 0 Å². The van der Waals surface area contributed by atoms with Gasteiger partial charge in [0.1, 0.15) is 0 Å². The molecule has 0 aromatic carbocycles. The van der Waals surface area contributed by atoms with Crippen LogP contribution in [0.5, 0.6) is 0 Å². The Morgan fingerprint density at radius 3 is 2.46 bits per heavy atom. The van der Waals surface area contributed by atoms with E-state index in [2.05, 4.69) is 4.98 Å². The van der Waals surface area contributed by atoms with Gasteiger partial charge in [-0.05, 0) is 19.1 Å². The third-order valence-corrected chi connectivity index (χ3v) is 3.79. The van der Waals surface area contributed by atoms with Crippen molar-refractivity contribution in [3.8, 4) is 0 Å². The predicted octanol–water partition coefficient (Wildman–Crippen LogP) is 0.777. The predicted molar refractivity (Wildman–Crippen MR) is 77.6 cm³/mol. The van der Waals surface area contributed by atoms with Crippen molar-refractivity contribution in [3.05, 3.63) is 41.7 Å². The highest BCUT2D eigenvalue weighted by atomic mass is 16.6. The fourth-order valence-corrected chi connectivity index (χ4v) is 2.60. The summed E-state index contributed by atoms with van der Waals surface area (Å²) in [6.45, 7) is 2.56. The maximum atomic E-state index is 12.8. The van der Waals surface area contributed by atoms with E-state index in [1.54, 1.807) is 18.2 Å². The Labute approximate surface area is 137 Å². The Balaban J connectivity index is 2.08. The SMILES string of the molecule is CC(=O)OC1=C(N2C(=O)CCC2=O)OC(C)(c2ccccn2)C1=O. The number of hydrogen-bond acceptors (Lipinski definition) is 7. The number of Topliss-reactive ketones (excluding diaryl/α,β-unsaturated/α-hetero) is 1. The van der Waals surface area contributed by atoms with E-state index in [4.69, 9.17) is 9.47 Å². The standard InChI is InChI=1S/C16H14N2O6/c1-9(19)23-13-14(22)16(2,10-5-3-4-8-17-10)24-15(13)18-11(20)6-7-12(18)21/h3-5,8H,6-7H2,1-2H3. The molecule has 0 aliphatic carbocycles. The lowest BCUT2D eigenvalue weighted by Crippen LogP contribution is -2.34. The summed E-state index contributed by atoms with van der Waals surface area (Å²) < 4.78 is 10.6. The Morgan fingerprint density at radius 1 is 1.25 bits per heavy atom. The number of likely N-dealkylation sites (tertiary alicyclic amines) is 1. The molecule has 2 amide bonds. The van der Waals surface area contributed by atoms with Crippen LogP contribution in [0.3, 0.4) is 0 Å². The Bertz CT molecular complexity index is 769. The largest absolute Gasteiger partial charge is 0.454 e. The summed E-state index contributed by atoms with van der Waals surface area (Å²) in [5.41, 5.74) is -1.32. The smallest absolute Gasteiger partial charge is 0.308 e. The van der Waals surface area contributed by atoms with Crippen molar-refractivity contribution >= 4 is 23.6 Å². The number of rotatable bonds is 3. The van der Waals surface area contributed by atoms with Crippen LogP contribution in [-0.2, 0) is 34.3 Å². The van der Waals surface area contributed by atoms with Crippen molar-refractivity contribution in [2.45, 2.75) is 32.3 Å². The van der Waals surface area contributed by atoms with E-state index in [9.17, 15) is 19.2 Å². The highest BCUT2D eigenvalue weighted by Gasteiger charge is 2.54. The molecule has 0 bridgehead atoms. The molecule has 3 rings (SSSR count). The van der Waals surface area contributed by atoms with Crippen LogP contribution in [0.2, 0.25) is 0 Å². The average Bonchev–Trinajstić information content (AvgIpc) is 3.00. The minimum Gasteiger partial charge on any atom is -0.454 e. The summed E-state index contributed by atoms with van der Waals surface area (Å²) in [4.78, 5) is 53.0. The first kappa shape index (κ1) is 15.9. The second kappa shape index (κ2) is 5.55. The number of ketones is 1. The van der Waals surface area contributed by atoms with Gasteiger partial charge >= 0.3 is 5.97 Å². The number of esters is 1. The minimum absolute atomic E-state index is 0.00748. The maximum absolute atomic E-state index is 12.8. The molecule has 3 heterocycles. The van der Waals surface area contributed by atoms with Crippen LogP contribution in [-0.4, -0.2) is 33.5 Å². The summed E-state index contributed by atoms with van der Waals surface area (Å²) in [5, 5.41) is 0. The minimum atomic E-state index is -1.59. The van der Waals surface area contributed by atoms with Gasteiger partial charge in [0.15, 0.2) is 0 Å². The number of amides is 2. The summed E-state index contributed by atoms with van der Waals surface area (Å²) in [6.07, 6.45) is 1.49. The fourth-order valence-electron chi connectivity index (χ4n) is 2.60. The van der Waals surface area contributed by atoms with Gasteiger partial charge in [-0.2, -0.15) is 0 Å². The zero-order chi connectivity index (χ0) is 17.5. The van der Waals surface area contributed by atoms with Crippen LogP contribution in [0, 0.1) is 0 Å². The lowest BCUT2D eigenvalue weighted by atomic mass is 9.96. The van der Waals surface area contributed by atoms with Gasteiger partial charge < -0.3 is 9.47 Å². The first-order valence-electron chi connectivity index (χ1n) is 7.28. The third kappa shape index (κ3) is 2.36. The number of carbonyl (C=O) groups excluding carboxylic acids is 4. The van der Waals surface area contributed by atoms with E-state index in [1.165, 1.54) is 13.1 Å². The van der Waals surface area contributed by atoms with Gasteiger partial charge in [-0.1, -0.05) is 6.07 Å². The molecule has 8 heteroatoms. The fraction of sp³-hybridized carbons (Fsp3) is 0.312. The number of hydrogen-bond donors (Lipinski definition) is 0. The zero-order valence-electron chi connectivity index (χ0n) is 13.1. The van der Waals surface area contributed by atoms with E-state index in [0.29, 0.717) is 0 Å². The quantitative estimate of drug-likeness (QED) is 0.596. The third-order valence-electron chi connectivity index (χ3n) is 3.79. The Hall–Kier alpha value is -3.03. The van der Waals surface area contributed by atoms with E-state index >= 15 is 0 Å². The molecule has 1 atom stereocenters. The Kier molecular flexibility index (Phi) is 3.67. The van der Waals surface area contributed by atoms with Crippen LogP contribution in [0.4, 0.5) is 0 Å². The number of ether oxygens (including phenoxy) is 2. The molecule has 1 aromatic heterocycles. The molecule has 0 N–H and O–H groups in total. The number of pyridine rings is 1. The average molecular weight is 330 g/mol. The highest BCUT2D eigenvalue weighted by molar-refractivity contribution is 6.08.